The summed E-state index contributed by atoms with van der Waals surface area (Å²) in [7, 11) is 0.0985. The summed E-state index contributed by atoms with van der Waals surface area (Å²) in [4.78, 5) is 1.28. The second-order valence-corrected chi connectivity index (χ2v) is 8.61. The van der Waals surface area contributed by atoms with Crippen LogP contribution >= 0.6 is 0 Å². The monoisotopic (exact) mass is 363 g/mol. The molecule has 136 valence electrons. The minimum atomic E-state index is -3.75. The van der Waals surface area contributed by atoms with Crippen molar-refractivity contribution in [3.63, 3.8) is 0 Å². The maximum absolute atomic E-state index is 13.2. The lowest BCUT2D eigenvalue weighted by Gasteiger charge is -2.27. The van der Waals surface area contributed by atoms with E-state index in [9.17, 15) is 13.5 Å². The molecule has 0 fully saturated rings. The predicted octanol–water partition coefficient (Wildman–Crippen LogP) is 1.00. The molecule has 1 atom stereocenters. The number of rotatable bonds is 7. The van der Waals surface area contributed by atoms with Crippen molar-refractivity contribution in [2.24, 2.45) is 0 Å². The molecule has 2 aromatic rings. The highest BCUT2D eigenvalue weighted by Crippen LogP contribution is 2.24. The zero-order chi connectivity index (χ0) is 18.6. The van der Waals surface area contributed by atoms with Crippen LogP contribution in [-0.4, -0.2) is 46.8 Å². The van der Waals surface area contributed by atoms with Gasteiger partial charge >= 0.3 is 0 Å². The first-order valence-corrected chi connectivity index (χ1v) is 9.77. The maximum Gasteiger partial charge on any atom is 0.264 e. The second-order valence-electron chi connectivity index (χ2n) is 6.75. The Morgan fingerprint density at radius 1 is 0.960 bits per heavy atom. The zero-order valence-corrected chi connectivity index (χ0v) is 16.0. The van der Waals surface area contributed by atoms with Crippen molar-refractivity contribution in [1.29, 1.82) is 0 Å². The van der Waals surface area contributed by atoms with Crippen molar-refractivity contribution in [2.45, 2.75) is 24.8 Å². The number of anilines is 1. The van der Waals surface area contributed by atoms with Gasteiger partial charge in [0.1, 0.15) is 12.6 Å². The molecule has 0 amide bonds. The molecule has 0 unspecified atom stereocenters. The molecule has 0 aliphatic heterocycles. The van der Waals surface area contributed by atoms with Crippen LogP contribution in [0, 0.1) is 13.8 Å². The van der Waals surface area contributed by atoms with Crippen LogP contribution in [0.2, 0.25) is 0 Å². The first kappa shape index (κ1) is 19.4. The molecule has 0 bridgehead atoms. The molecule has 0 saturated heterocycles. The number of likely N-dealkylation sites (N-methyl/N-ethyl adjacent to an activating group) is 1. The molecule has 2 N–H and O–H groups in total. The quantitative estimate of drug-likeness (QED) is 0.772. The maximum atomic E-state index is 13.2. The van der Waals surface area contributed by atoms with Gasteiger partial charge in [-0.15, -0.1) is 0 Å². The van der Waals surface area contributed by atoms with Gasteiger partial charge in [0.15, 0.2) is 0 Å². The van der Waals surface area contributed by atoms with Crippen molar-refractivity contribution >= 4 is 15.7 Å². The van der Waals surface area contributed by atoms with Crippen LogP contribution in [0.5, 0.6) is 0 Å². The average Bonchev–Trinajstić information content (AvgIpc) is 2.53. The predicted molar refractivity (Wildman–Crippen MR) is 101 cm³/mol. The highest BCUT2D eigenvalue weighted by atomic mass is 32.2. The average molecular weight is 364 g/mol. The van der Waals surface area contributed by atoms with Crippen LogP contribution in [0.25, 0.3) is 0 Å². The number of quaternary nitrogens is 1. The molecule has 0 aromatic heterocycles. The Hall–Kier alpha value is -1.89. The van der Waals surface area contributed by atoms with E-state index in [1.165, 1.54) is 4.31 Å². The third-order valence-electron chi connectivity index (χ3n) is 3.95. The van der Waals surface area contributed by atoms with Crippen LogP contribution in [-0.2, 0) is 10.0 Å². The second kappa shape index (κ2) is 7.99. The van der Waals surface area contributed by atoms with E-state index in [0.717, 1.165) is 16.0 Å². The van der Waals surface area contributed by atoms with E-state index in [1.807, 2.05) is 40.1 Å². The van der Waals surface area contributed by atoms with Crippen molar-refractivity contribution in [3.05, 3.63) is 59.7 Å². The van der Waals surface area contributed by atoms with Gasteiger partial charge in [-0.05, 0) is 38.1 Å². The standard InChI is InChI=1S/C19H26N2O3S/c1-15-5-9-17(10-6-15)21(14-18(22)13-20(3)4)25(23,24)19-11-7-16(2)8-12-19/h5-12,18,22H,13-14H2,1-4H3/p+1/t18-/m0/s1. The van der Waals surface area contributed by atoms with Crippen LogP contribution in [0.1, 0.15) is 11.1 Å². The van der Waals surface area contributed by atoms with Gasteiger partial charge in [-0.25, -0.2) is 8.42 Å². The number of aryl methyl sites for hydroxylation is 2. The fraction of sp³-hybridized carbons (Fsp3) is 0.368. The van der Waals surface area contributed by atoms with Gasteiger partial charge in [0, 0.05) is 0 Å². The van der Waals surface area contributed by atoms with Crippen molar-refractivity contribution in [1.82, 2.24) is 0 Å². The third-order valence-corrected chi connectivity index (χ3v) is 5.76. The van der Waals surface area contributed by atoms with Crippen LogP contribution in [0.15, 0.2) is 53.4 Å². The molecule has 5 nitrogen and oxygen atoms in total. The first-order valence-electron chi connectivity index (χ1n) is 8.33. The fourth-order valence-corrected chi connectivity index (χ4v) is 4.12. The van der Waals surface area contributed by atoms with Crippen molar-refractivity contribution in [3.8, 4) is 0 Å². The summed E-state index contributed by atoms with van der Waals surface area (Å²) in [6.45, 7) is 4.35. The molecule has 2 aromatic carbocycles. The topological polar surface area (TPSA) is 62.1 Å². The summed E-state index contributed by atoms with van der Waals surface area (Å²) in [5.74, 6) is 0. The molecular formula is C19H27N2O3S+. The van der Waals surface area contributed by atoms with E-state index in [4.69, 9.17) is 0 Å². The Morgan fingerprint density at radius 2 is 1.44 bits per heavy atom. The number of aliphatic hydroxyl groups excluding tert-OH is 1. The zero-order valence-electron chi connectivity index (χ0n) is 15.2. The molecular weight excluding hydrogens is 336 g/mol. The van der Waals surface area contributed by atoms with Gasteiger partial charge in [0.2, 0.25) is 0 Å². The number of aliphatic hydroxyl groups is 1. The van der Waals surface area contributed by atoms with E-state index in [1.54, 1.807) is 36.4 Å². The summed E-state index contributed by atoms with van der Waals surface area (Å²) in [5, 5.41) is 10.3. The molecule has 0 aliphatic carbocycles. The van der Waals surface area contributed by atoms with Gasteiger partial charge < -0.3 is 10.0 Å². The van der Waals surface area contributed by atoms with E-state index < -0.39 is 16.1 Å². The highest BCUT2D eigenvalue weighted by molar-refractivity contribution is 7.92. The molecule has 0 spiro atoms. The molecule has 25 heavy (non-hydrogen) atoms. The molecule has 0 heterocycles. The lowest BCUT2D eigenvalue weighted by atomic mass is 10.2. The third kappa shape index (κ3) is 5.04. The normalized spacial score (nSPS) is 13.0. The molecule has 6 heteroatoms. The Bertz CT molecular complexity index is 784. The smallest absolute Gasteiger partial charge is 0.264 e. The van der Waals surface area contributed by atoms with E-state index in [0.29, 0.717) is 12.2 Å². The lowest BCUT2D eigenvalue weighted by Crippen LogP contribution is -3.07. The van der Waals surface area contributed by atoms with Crippen molar-refractivity contribution in [2.75, 3.05) is 31.5 Å². The van der Waals surface area contributed by atoms with Crippen LogP contribution in [0.4, 0.5) is 5.69 Å². The SMILES string of the molecule is Cc1ccc(N(C[C@@H](O)C[NH+](C)C)S(=O)(=O)c2ccc(C)cc2)cc1. The first-order chi connectivity index (χ1) is 11.7. The number of nitrogens with one attached hydrogen (secondary N) is 1. The highest BCUT2D eigenvalue weighted by Gasteiger charge is 2.27. The number of benzene rings is 2. The fourth-order valence-electron chi connectivity index (χ4n) is 2.62. The molecule has 2 rings (SSSR count). The summed E-state index contributed by atoms with van der Waals surface area (Å²) >= 11 is 0. The van der Waals surface area contributed by atoms with E-state index in [2.05, 4.69) is 0 Å². The minimum Gasteiger partial charge on any atom is -0.385 e. The Balaban J connectivity index is 2.42. The van der Waals surface area contributed by atoms with Gasteiger partial charge in [0.05, 0.1) is 31.2 Å². The number of hydrogen-bond donors (Lipinski definition) is 2. The largest absolute Gasteiger partial charge is 0.385 e. The van der Waals surface area contributed by atoms with Gasteiger partial charge in [-0.3, -0.25) is 4.31 Å². The molecule has 0 radical (unpaired) electrons. The van der Waals surface area contributed by atoms with Gasteiger partial charge in [-0.2, -0.15) is 0 Å². The summed E-state index contributed by atoms with van der Waals surface area (Å²) in [6.07, 6.45) is -0.758. The van der Waals surface area contributed by atoms with Crippen LogP contribution in [0.3, 0.4) is 0 Å². The Kier molecular flexibility index (Phi) is 6.21. The van der Waals surface area contributed by atoms with E-state index >= 15 is 0 Å². The molecule has 0 aliphatic rings. The number of sulfonamides is 1. The number of nitrogens with zero attached hydrogens (tertiary/aromatic N) is 1. The van der Waals surface area contributed by atoms with Crippen molar-refractivity contribution < 1.29 is 18.4 Å². The van der Waals surface area contributed by atoms with Gasteiger partial charge in [-0.1, -0.05) is 35.4 Å². The van der Waals surface area contributed by atoms with Gasteiger partial charge in [0.25, 0.3) is 10.0 Å². The summed E-state index contributed by atoms with van der Waals surface area (Å²) in [6, 6.07) is 14.1. The Morgan fingerprint density at radius 3 is 1.92 bits per heavy atom. The Labute approximate surface area is 150 Å². The van der Waals surface area contributed by atoms with Crippen LogP contribution < -0.4 is 9.21 Å². The summed E-state index contributed by atoms with van der Waals surface area (Å²) in [5.41, 5.74) is 2.60. The lowest BCUT2D eigenvalue weighted by molar-refractivity contribution is -0.861. The minimum absolute atomic E-state index is 0.0183. The molecule has 0 saturated carbocycles. The number of hydrogen-bond acceptors (Lipinski definition) is 3. The van der Waals surface area contributed by atoms with E-state index in [-0.39, 0.29) is 11.4 Å². The summed E-state index contributed by atoms with van der Waals surface area (Å²) < 4.78 is 27.6.